The van der Waals surface area contributed by atoms with Crippen molar-refractivity contribution in [2.45, 2.75) is 12.8 Å². The van der Waals surface area contributed by atoms with Crippen molar-refractivity contribution in [1.29, 1.82) is 0 Å². The molecule has 0 aliphatic carbocycles. The third kappa shape index (κ3) is 5.39. The van der Waals surface area contributed by atoms with Crippen LogP contribution in [0.25, 0.3) is 43.1 Å². The Labute approximate surface area is 239 Å². The van der Waals surface area contributed by atoms with Crippen LogP contribution in [0.1, 0.15) is 11.1 Å². The molecule has 0 heterocycles. The van der Waals surface area contributed by atoms with Crippen molar-refractivity contribution >= 4 is 43.1 Å². The van der Waals surface area contributed by atoms with Gasteiger partial charge in [0.05, 0.1) is 0 Å². The van der Waals surface area contributed by atoms with E-state index in [0.29, 0.717) is 0 Å². The molecule has 0 spiro atoms. The first-order valence-corrected chi connectivity index (χ1v) is 11.1. The molecule has 0 fully saturated rings. The predicted molar refractivity (Wildman–Crippen MR) is 142 cm³/mol. The molecule has 0 nitrogen and oxygen atoms in total. The van der Waals surface area contributed by atoms with Crippen molar-refractivity contribution < 1.29 is 51.0 Å². The molecule has 0 aliphatic heterocycles. The van der Waals surface area contributed by atoms with Crippen molar-refractivity contribution in [2.75, 3.05) is 0 Å². The van der Waals surface area contributed by atoms with Crippen molar-refractivity contribution in [1.82, 2.24) is 0 Å². The topological polar surface area (TPSA) is 0 Å². The van der Waals surface area contributed by atoms with Gasteiger partial charge in [-0.2, -0.15) is 0 Å². The maximum Gasteiger partial charge on any atom is 4.00 e. The van der Waals surface area contributed by atoms with E-state index in [4.69, 9.17) is 0 Å². The Morgan fingerprint density at radius 1 is 0.457 bits per heavy atom. The van der Waals surface area contributed by atoms with Gasteiger partial charge in [0.15, 0.2) is 0 Å². The Bertz CT molecular complexity index is 1340. The van der Waals surface area contributed by atoms with Gasteiger partial charge < -0.3 is 24.8 Å². The van der Waals surface area contributed by atoms with Crippen LogP contribution in [0.3, 0.4) is 0 Å². The third-order valence-corrected chi connectivity index (χ3v) is 6.29. The minimum atomic E-state index is 0. The quantitative estimate of drug-likeness (QED) is 0.225. The van der Waals surface area contributed by atoms with Crippen molar-refractivity contribution in [3.63, 3.8) is 0 Å². The molecular weight excluding hydrogens is 546 g/mol. The molecule has 35 heavy (non-hydrogen) atoms. The summed E-state index contributed by atoms with van der Waals surface area (Å²) in [6, 6.07) is 34.4. The number of allylic oxidation sites excluding steroid dienone is 2. The van der Waals surface area contributed by atoms with Crippen LogP contribution in [0.2, 0.25) is 0 Å². The van der Waals surface area contributed by atoms with Crippen molar-refractivity contribution in [2.24, 2.45) is 0 Å². The summed E-state index contributed by atoms with van der Waals surface area (Å²) in [4.78, 5) is 0. The number of hydrogen-bond acceptors (Lipinski definition) is 0. The summed E-state index contributed by atoms with van der Waals surface area (Å²) in [5.41, 5.74) is 2.81. The Kier molecular flexibility index (Phi) is 10.7. The van der Waals surface area contributed by atoms with Crippen molar-refractivity contribution in [3.8, 4) is 0 Å². The van der Waals surface area contributed by atoms with Crippen LogP contribution in [0.4, 0.5) is 0 Å². The zero-order valence-electron chi connectivity index (χ0n) is 19.5. The molecule has 0 aliphatic rings. The van der Waals surface area contributed by atoms with Crippen LogP contribution in [0, 0.1) is 0 Å². The Morgan fingerprint density at radius 2 is 0.686 bits per heavy atom. The minimum Gasteiger partial charge on any atom is -1.00 e. The Balaban J connectivity index is 0.000000227. The van der Waals surface area contributed by atoms with Gasteiger partial charge >= 0.3 is 26.2 Å². The number of halogens is 2. The van der Waals surface area contributed by atoms with Crippen LogP contribution in [-0.4, -0.2) is 0 Å². The van der Waals surface area contributed by atoms with E-state index in [0.717, 1.165) is 12.8 Å². The molecule has 6 aromatic carbocycles. The molecule has 0 aromatic heterocycles. The molecule has 0 amide bonds. The summed E-state index contributed by atoms with van der Waals surface area (Å²) in [7, 11) is 0. The van der Waals surface area contributed by atoms with E-state index in [2.05, 4.69) is 110 Å². The summed E-state index contributed by atoms with van der Waals surface area (Å²) < 4.78 is 0. The average molecular weight is 573 g/mol. The van der Waals surface area contributed by atoms with Crippen LogP contribution < -0.4 is 24.8 Å². The van der Waals surface area contributed by atoms with E-state index in [1.165, 1.54) is 54.2 Å². The molecule has 6 rings (SSSR count). The summed E-state index contributed by atoms with van der Waals surface area (Å²) in [6.07, 6.45) is 5.84. The van der Waals surface area contributed by atoms with E-state index < -0.39 is 0 Å². The van der Waals surface area contributed by atoms with Crippen molar-refractivity contribution in [3.05, 3.63) is 133 Å². The van der Waals surface area contributed by atoms with Crippen LogP contribution in [0.5, 0.6) is 0 Å². The van der Waals surface area contributed by atoms with E-state index >= 15 is 0 Å². The second-order valence-electron chi connectivity index (χ2n) is 8.13. The molecule has 0 unspecified atom stereocenters. The molecule has 0 saturated carbocycles. The summed E-state index contributed by atoms with van der Waals surface area (Å²) in [5, 5.41) is 10.9. The largest absolute Gasteiger partial charge is 4.00 e. The van der Waals surface area contributed by atoms with Gasteiger partial charge in [0, 0.05) is 0 Å². The SMILES string of the molecule is C=CC[c-]1c2ccccc2c2ccccc21.C=CC[c-]1c2ccccc2c2ccccc21.[Cl-].[Cl-].[Zr+4]. The zero-order chi connectivity index (χ0) is 21.9. The standard InChI is InChI=1S/2C16H13.2ClH.Zr/c2*1-2-7-12-13-8-3-5-10-15(13)16-11-6-4-9-14(12)16;;;/h2*2-6,8-11H,1,7H2;2*1H;/q2*-1;;;+4/p-2. The maximum absolute atomic E-state index is 3.85. The molecule has 0 N–H and O–H groups in total. The number of rotatable bonds is 4. The molecule has 0 saturated heterocycles. The van der Waals surface area contributed by atoms with E-state index in [9.17, 15) is 0 Å². The fraction of sp³-hybridized carbons (Fsp3) is 0.0625. The predicted octanol–water partition coefficient (Wildman–Crippen LogP) is 2.89. The Hall–Kier alpha value is -2.44. The molecule has 0 radical (unpaired) electrons. The first kappa shape index (κ1) is 28.8. The van der Waals surface area contributed by atoms with E-state index in [-0.39, 0.29) is 51.0 Å². The minimum absolute atomic E-state index is 0. The van der Waals surface area contributed by atoms with Gasteiger partial charge in [0.25, 0.3) is 0 Å². The zero-order valence-corrected chi connectivity index (χ0v) is 23.4. The fourth-order valence-corrected chi connectivity index (χ4v) is 4.94. The number of benzene rings is 4. The molecule has 0 bridgehead atoms. The maximum atomic E-state index is 3.85. The van der Waals surface area contributed by atoms with E-state index in [1.54, 1.807) is 0 Å². The van der Waals surface area contributed by atoms with Crippen LogP contribution >= 0.6 is 0 Å². The Morgan fingerprint density at radius 3 is 0.914 bits per heavy atom. The normalized spacial score (nSPS) is 10.1. The van der Waals surface area contributed by atoms with Gasteiger partial charge in [0.2, 0.25) is 0 Å². The fourth-order valence-electron chi connectivity index (χ4n) is 4.94. The smallest absolute Gasteiger partial charge is 1.00 e. The number of hydrogen-bond donors (Lipinski definition) is 0. The summed E-state index contributed by atoms with van der Waals surface area (Å²) in [6.45, 7) is 7.70. The number of fused-ring (bicyclic) bond motifs is 6. The summed E-state index contributed by atoms with van der Waals surface area (Å²) in [5.74, 6) is 0. The molecule has 6 aromatic rings. The molecule has 172 valence electrons. The monoisotopic (exact) mass is 570 g/mol. The van der Waals surface area contributed by atoms with Gasteiger partial charge in [-0.05, 0) is 12.8 Å². The van der Waals surface area contributed by atoms with Crippen LogP contribution in [0.15, 0.2) is 122 Å². The molecule has 0 atom stereocenters. The molecular formula is C32H26Cl2Zr. The van der Waals surface area contributed by atoms with Gasteiger partial charge in [0.1, 0.15) is 0 Å². The van der Waals surface area contributed by atoms with Gasteiger partial charge in [-0.25, -0.2) is 0 Å². The van der Waals surface area contributed by atoms with Crippen LogP contribution in [-0.2, 0) is 39.0 Å². The summed E-state index contributed by atoms with van der Waals surface area (Å²) >= 11 is 0. The average Bonchev–Trinajstić information content (AvgIpc) is 3.34. The van der Waals surface area contributed by atoms with Gasteiger partial charge in [-0.15, -0.1) is 91.6 Å². The second-order valence-corrected chi connectivity index (χ2v) is 8.13. The van der Waals surface area contributed by atoms with Gasteiger partial charge in [-0.1, -0.05) is 84.9 Å². The second kappa shape index (κ2) is 13.0. The van der Waals surface area contributed by atoms with E-state index in [1.807, 2.05) is 12.2 Å². The first-order valence-electron chi connectivity index (χ1n) is 11.1. The first-order chi connectivity index (χ1) is 15.8. The van der Waals surface area contributed by atoms with Gasteiger partial charge in [-0.3, -0.25) is 0 Å². The third-order valence-electron chi connectivity index (χ3n) is 6.29. The molecule has 3 heteroatoms.